The molecule has 2 aromatic carbocycles. The van der Waals surface area contributed by atoms with Crippen LogP contribution in [0.3, 0.4) is 0 Å². The number of hydrogen-bond donors (Lipinski definition) is 2. The lowest BCUT2D eigenvalue weighted by Gasteiger charge is -2.26. The molecule has 1 atom stereocenters. The smallest absolute Gasteiger partial charge is 0.242 e. The third-order valence-electron chi connectivity index (χ3n) is 5.73. The average molecular weight is 437 g/mol. The van der Waals surface area contributed by atoms with Crippen molar-refractivity contribution in [1.29, 1.82) is 0 Å². The highest BCUT2D eigenvalue weighted by Gasteiger charge is 2.32. The van der Waals surface area contributed by atoms with Crippen LogP contribution in [0.5, 0.6) is 0 Å². The molecule has 1 aliphatic heterocycles. The van der Waals surface area contributed by atoms with Crippen LogP contribution in [0.1, 0.15) is 49.3 Å². The molecule has 0 radical (unpaired) electrons. The fourth-order valence-corrected chi connectivity index (χ4v) is 6.08. The Balaban J connectivity index is 1.69. The predicted molar refractivity (Wildman–Crippen MR) is 110 cm³/mol. The van der Waals surface area contributed by atoms with E-state index in [1.807, 2.05) is 0 Å². The highest BCUT2D eigenvalue weighted by atomic mass is 35.5. The van der Waals surface area contributed by atoms with E-state index in [0.717, 1.165) is 36.8 Å². The number of halogens is 2. The molecule has 4 rings (SSSR count). The Morgan fingerprint density at radius 3 is 2.48 bits per heavy atom. The zero-order valence-corrected chi connectivity index (χ0v) is 17.3. The number of hydrogen-bond acceptors (Lipinski definition) is 3. The minimum Gasteiger partial charge on any atom is -0.326 e. The highest BCUT2D eigenvalue weighted by molar-refractivity contribution is 7.89. The van der Waals surface area contributed by atoms with Gasteiger partial charge in [-0.2, -0.15) is 0 Å². The van der Waals surface area contributed by atoms with Gasteiger partial charge in [0.1, 0.15) is 10.7 Å². The van der Waals surface area contributed by atoms with Crippen molar-refractivity contribution in [3.8, 4) is 0 Å². The first-order valence-corrected chi connectivity index (χ1v) is 11.6. The topological polar surface area (TPSA) is 75.3 Å². The number of aryl methyl sites for hydroxylation is 1. The second-order valence-electron chi connectivity index (χ2n) is 7.68. The first-order valence-electron chi connectivity index (χ1n) is 9.73. The van der Waals surface area contributed by atoms with Gasteiger partial charge in [-0.05, 0) is 60.6 Å². The maximum absolute atomic E-state index is 13.4. The lowest BCUT2D eigenvalue weighted by atomic mass is 9.92. The molecule has 2 aliphatic rings. The molecule has 0 saturated heterocycles. The van der Waals surface area contributed by atoms with Gasteiger partial charge in [-0.3, -0.25) is 4.79 Å². The molecule has 0 unspecified atom stereocenters. The average Bonchev–Trinajstić information content (AvgIpc) is 3.21. The molecule has 29 heavy (non-hydrogen) atoms. The second-order valence-corrected chi connectivity index (χ2v) is 9.77. The van der Waals surface area contributed by atoms with Crippen LogP contribution in [0.4, 0.5) is 10.1 Å². The summed E-state index contributed by atoms with van der Waals surface area (Å²) in [6.45, 7) is 0. The monoisotopic (exact) mass is 436 g/mol. The molecule has 0 spiro atoms. The van der Waals surface area contributed by atoms with Crippen molar-refractivity contribution in [2.45, 2.75) is 49.5 Å². The first kappa shape index (κ1) is 20.3. The summed E-state index contributed by atoms with van der Waals surface area (Å²) in [5.41, 5.74) is 2.02. The summed E-state index contributed by atoms with van der Waals surface area (Å²) in [5.74, 6) is -0.382. The molecule has 1 amide bonds. The molecule has 1 heterocycles. The van der Waals surface area contributed by atoms with Gasteiger partial charge in [-0.25, -0.2) is 17.5 Å². The summed E-state index contributed by atoms with van der Waals surface area (Å²) in [6.07, 6.45) is 4.75. The summed E-state index contributed by atoms with van der Waals surface area (Å²) >= 11 is 6.31. The number of rotatable bonds is 5. The number of nitrogens with one attached hydrogen (secondary N) is 2. The number of sulfonamides is 1. The molecule has 1 saturated carbocycles. The van der Waals surface area contributed by atoms with E-state index in [1.165, 1.54) is 18.2 Å². The largest absolute Gasteiger partial charge is 0.326 e. The quantitative estimate of drug-likeness (QED) is 0.720. The molecule has 0 bridgehead atoms. The van der Waals surface area contributed by atoms with Crippen molar-refractivity contribution in [2.75, 3.05) is 5.32 Å². The summed E-state index contributed by atoms with van der Waals surface area (Å²) in [5, 5.41) is 2.84. The van der Waals surface area contributed by atoms with Crippen LogP contribution in [-0.2, 0) is 21.2 Å². The first-order chi connectivity index (χ1) is 13.8. The maximum atomic E-state index is 13.4. The molecule has 2 aromatic rings. The van der Waals surface area contributed by atoms with E-state index in [9.17, 15) is 17.6 Å². The summed E-state index contributed by atoms with van der Waals surface area (Å²) in [7, 11) is -3.96. The number of amides is 1. The minimum atomic E-state index is -3.96. The van der Waals surface area contributed by atoms with Crippen molar-refractivity contribution in [2.24, 2.45) is 5.92 Å². The van der Waals surface area contributed by atoms with Gasteiger partial charge < -0.3 is 5.32 Å². The Bertz CT molecular complexity index is 1030. The summed E-state index contributed by atoms with van der Waals surface area (Å²) in [6, 6.07) is 8.48. The molecule has 5 nitrogen and oxygen atoms in total. The van der Waals surface area contributed by atoms with Gasteiger partial charge in [-0.15, -0.1) is 0 Å². The summed E-state index contributed by atoms with van der Waals surface area (Å²) < 4.78 is 42.7. The van der Waals surface area contributed by atoms with Gasteiger partial charge in [0, 0.05) is 18.2 Å². The van der Waals surface area contributed by atoms with Crippen LogP contribution < -0.4 is 10.0 Å². The van der Waals surface area contributed by atoms with Gasteiger partial charge in [0.25, 0.3) is 0 Å². The third kappa shape index (κ3) is 4.32. The van der Waals surface area contributed by atoms with E-state index in [0.29, 0.717) is 18.5 Å². The molecular weight excluding hydrogens is 415 g/mol. The van der Waals surface area contributed by atoms with Crippen molar-refractivity contribution >= 4 is 33.2 Å². The number of anilines is 1. The molecule has 2 N–H and O–H groups in total. The second kappa shape index (κ2) is 8.05. The van der Waals surface area contributed by atoms with Crippen LogP contribution >= 0.6 is 11.6 Å². The fourth-order valence-electron chi connectivity index (χ4n) is 4.21. The lowest BCUT2D eigenvalue weighted by Crippen LogP contribution is -2.33. The molecule has 1 aliphatic carbocycles. The fraction of sp³-hybridized carbons (Fsp3) is 0.381. The van der Waals surface area contributed by atoms with E-state index in [2.05, 4.69) is 10.0 Å². The molecule has 1 fully saturated rings. The van der Waals surface area contributed by atoms with Gasteiger partial charge in [0.2, 0.25) is 15.9 Å². The number of benzene rings is 2. The zero-order chi connectivity index (χ0) is 20.6. The van der Waals surface area contributed by atoms with E-state index in [4.69, 9.17) is 11.6 Å². The number of fused-ring (bicyclic) bond motifs is 1. The van der Waals surface area contributed by atoms with Crippen LogP contribution in [0.15, 0.2) is 41.3 Å². The lowest BCUT2D eigenvalue weighted by molar-refractivity contribution is -0.116. The van der Waals surface area contributed by atoms with Crippen LogP contribution in [0.2, 0.25) is 5.02 Å². The minimum absolute atomic E-state index is 0.0646. The molecule has 0 aromatic heterocycles. The van der Waals surface area contributed by atoms with E-state index in [1.54, 1.807) is 18.2 Å². The Hall–Kier alpha value is -1.96. The predicted octanol–water partition coefficient (Wildman–Crippen LogP) is 4.57. The van der Waals surface area contributed by atoms with Crippen LogP contribution in [0, 0.1) is 11.7 Å². The molecular formula is C21H22ClFN2O3S. The van der Waals surface area contributed by atoms with E-state index in [-0.39, 0.29) is 27.6 Å². The molecule has 154 valence electrons. The van der Waals surface area contributed by atoms with E-state index < -0.39 is 16.1 Å². The van der Waals surface area contributed by atoms with Crippen molar-refractivity contribution in [3.63, 3.8) is 0 Å². The van der Waals surface area contributed by atoms with E-state index >= 15 is 0 Å². The van der Waals surface area contributed by atoms with Crippen molar-refractivity contribution in [1.82, 2.24) is 4.72 Å². The highest BCUT2D eigenvalue weighted by Crippen LogP contribution is 2.38. The van der Waals surface area contributed by atoms with Gasteiger partial charge >= 0.3 is 0 Å². The maximum Gasteiger partial charge on any atom is 0.242 e. The SMILES string of the molecule is O=C1CCc2cc(Cl)c(S(=O)(=O)N[C@H](c3ccc(F)cc3)C3CCCC3)cc2N1. The van der Waals surface area contributed by atoms with Crippen molar-refractivity contribution in [3.05, 3.63) is 58.4 Å². The zero-order valence-electron chi connectivity index (χ0n) is 15.8. The standard InChI is InChI=1S/C21H22ClFN2O3S/c22-17-11-15-7-10-20(26)24-18(15)12-19(17)29(27,28)25-21(13-3-1-2-4-13)14-5-8-16(23)9-6-14/h5-6,8-9,11-13,21,25H,1-4,7,10H2,(H,24,26)/t21-/m0/s1. The summed E-state index contributed by atoms with van der Waals surface area (Å²) in [4.78, 5) is 11.6. The van der Waals surface area contributed by atoms with Crippen LogP contribution in [-0.4, -0.2) is 14.3 Å². The number of carbonyl (C=O) groups is 1. The Kier molecular flexibility index (Phi) is 5.64. The van der Waals surface area contributed by atoms with Gasteiger partial charge in [-0.1, -0.05) is 36.6 Å². The van der Waals surface area contributed by atoms with Crippen LogP contribution in [0.25, 0.3) is 0 Å². The number of carbonyl (C=O) groups excluding carboxylic acids is 1. The third-order valence-corrected chi connectivity index (χ3v) is 7.63. The van der Waals surface area contributed by atoms with Gasteiger partial charge in [0.05, 0.1) is 5.02 Å². The Labute approximate surface area is 174 Å². The molecule has 8 heteroatoms. The van der Waals surface area contributed by atoms with Crippen molar-refractivity contribution < 1.29 is 17.6 Å². The Morgan fingerprint density at radius 2 is 1.79 bits per heavy atom. The normalized spacial score (nSPS) is 18.3. The Morgan fingerprint density at radius 1 is 1.10 bits per heavy atom. The van der Waals surface area contributed by atoms with Gasteiger partial charge in [0.15, 0.2) is 0 Å².